The van der Waals surface area contributed by atoms with Gasteiger partial charge in [0.1, 0.15) is 0 Å². The molecule has 7 nitrogen and oxygen atoms in total. The molecular weight excluding hydrogens is 372 g/mol. The van der Waals surface area contributed by atoms with Gasteiger partial charge in [0.2, 0.25) is 18.6 Å². The van der Waals surface area contributed by atoms with E-state index in [4.69, 9.17) is 14.2 Å². The summed E-state index contributed by atoms with van der Waals surface area (Å²) < 4.78 is 16.1. The predicted molar refractivity (Wildman–Crippen MR) is 107 cm³/mol. The summed E-state index contributed by atoms with van der Waals surface area (Å²) in [6, 6.07) is 5.87. The zero-order chi connectivity index (χ0) is 20.1. The molecule has 2 amide bonds. The van der Waals surface area contributed by atoms with Gasteiger partial charge in [0, 0.05) is 39.0 Å². The number of piperidine rings is 1. The van der Waals surface area contributed by atoms with Crippen LogP contribution in [-0.4, -0.2) is 67.8 Å². The van der Waals surface area contributed by atoms with Crippen LogP contribution in [0.3, 0.4) is 0 Å². The number of benzene rings is 1. The summed E-state index contributed by atoms with van der Waals surface area (Å²) in [7, 11) is 0. The Morgan fingerprint density at radius 1 is 0.966 bits per heavy atom. The van der Waals surface area contributed by atoms with Gasteiger partial charge in [-0.3, -0.25) is 9.59 Å². The molecule has 1 aromatic carbocycles. The molecule has 0 radical (unpaired) electrons. The first-order valence-electron chi connectivity index (χ1n) is 10.7. The van der Waals surface area contributed by atoms with Crippen molar-refractivity contribution in [2.75, 3.05) is 46.2 Å². The van der Waals surface area contributed by atoms with Gasteiger partial charge in [0.25, 0.3) is 0 Å². The second-order valence-electron chi connectivity index (χ2n) is 8.07. The molecule has 0 unspecified atom stereocenters. The number of carbonyl (C=O) groups is 2. The highest BCUT2D eigenvalue weighted by Gasteiger charge is 2.25. The van der Waals surface area contributed by atoms with Gasteiger partial charge in [0.15, 0.2) is 11.5 Å². The molecule has 3 aliphatic rings. The lowest BCUT2D eigenvalue weighted by atomic mass is 9.92. The van der Waals surface area contributed by atoms with Gasteiger partial charge in [-0.05, 0) is 49.3 Å². The lowest BCUT2D eigenvalue weighted by molar-refractivity contribution is -0.135. The van der Waals surface area contributed by atoms with E-state index in [1.165, 1.54) is 0 Å². The summed E-state index contributed by atoms with van der Waals surface area (Å²) in [6.45, 7) is 4.55. The summed E-state index contributed by atoms with van der Waals surface area (Å²) in [6.07, 6.45) is 4.76. The van der Waals surface area contributed by atoms with Gasteiger partial charge in [-0.25, -0.2) is 0 Å². The molecule has 1 aromatic rings. The van der Waals surface area contributed by atoms with Gasteiger partial charge >= 0.3 is 0 Å². The maximum atomic E-state index is 12.7. The molecule has 0 bridgehead atoms. The van der Waals surface area contributed by atoms with Crippen molar-refractivity contribution < 1.29 is 23.8 Å². The van der Waals surface area contributed by atoms with E-state index in [9.17, 15) is 9.59 Å². The van der Waals surface area contributed by atoms with Crippen LogP contribution < -0.4 is 9.47 Å². The first-order chi connectivity index (χ1) is 14.2. The molecule has 4 rings (SSSR count). The lowest BCUT2D eigenvalue weighted by Crippen LogP contribution is -2.42. The smallest absolute Gasteiger partial charge is 0.231 e. The number of fused-ring (bicyclic) bond motifs is 1. The maximum absolute atomic E-state index is 12.7. The third-order valence-electron chi connectivity index (χ3n) is 6.07. The van der Waals surface area contributed by atoms with Crippen LogP contribution in [0.2, 0.25) is 0 Å². The Labute approximate surface area is 171 Å². The normalized spacial score (nSPS) is 21.3. The number of aryl methyl sites for hydroxylation is 1. The summed E-state index contributed by atoms with van der Waals surface area (Å²) in [5.74, 6) is 2.37. The lowest BCUT2D eigenvalue weighted by Gasteiger charge is -2.33. The largest absolute Gasteiger partial charge is 0.454 e. The number of carbonyl (C=O) groups excluding carboxylic acids is 2. The van der Waals surface area contributed by atoms with E-state index in [0.29, 0.717) is 51.5 Å². The molecular formula is C22H30N2O5. The Kier molecular flexibility index (Phi) is 6.54. The minimum absolute atomic E-state index is 0.201. The minimum atomic E-state index is 0.201. The van der Waals surface area contributed by atoms with Crippen molar-refractivity contribution in [2.45, 2.75) is 38.5 Å². The van der Waals surface area contributed by atoms with Crippen molar-refractivity contribution >= 4 is 11.8 Å². The van der Waals surface area contributed by atoms with Crippen LogP contribution in [0.5, 0.6) is 11.5 Å². The quantitative estimate of drug-likeness (QED) is 0.730. The van der Waals surface area contributed by atoms with Crippen LogP contribution in [0.4, 0.5) is 0 Å². The fraction of sp³-hybridized carbons (Fsp3) is 0.636. The number of ether oxygens (including phenoxy) is 3. The Morgan fingerprint density at radius 3 is 2.62 bits per heavy atom. The van der Waals surface area contributed by atoms with E-state index in [1.807, 2.05) is 28.0 Å². The van der Waals surface area contributed by atoms with E-state index in [-0.39, 0.29) is 18.6 Å². The molecule has 0 aliphatic carbocycles. The molecule has 0 saturated carbocycles. The van der Waals surface area contributed by atoms with Gasteiger partial charge in [0.05, 0.1) is 13.2 Å². The van der Waals surface area contributed by atoms with E-state index in [0.717, 1.165) is 49.4 Å². The number of hydrogen-bond acceptors (Lipinski definition) is 5. The molecule has 1 atom stereocenters. The topological polar surface area (TPSA) is 68.3 Å². The molecule has 29 heavy (non-hydrogen) atoms. The van der Waals surface area contributed by atoms with E-state index in [1.54, 1.807) is 0 Å². The molecule has 158 valence electrons. The van der Waals surface area contributed by atoms with Crippen LogP contribution in [0.15, 0.2) is 18.2 Å². The highest BCUT2D eigenvalue weighted by molar-refractivity contribution is 5.77. The van der Waals surface area contributed by atoms with Crippen LogP contribution in [0.1, 0.15) is 37.7 Å². The van der Waals surface area contributed by atoms with Crippen LogP contribution in [0.25, 0.3) is 0 Å². The third kappa shape index (κ3) is 5.21. The van der Waals surface area contributed by atoms with Crippen LogP contribution >= 0.6 is 0 Å². The zero-order valence-corrected chi connectivity index (χ0v) is 16.9. The molecule has 3 heterocycles. The van der Waals surface area contributed by atoms with Crippen molar-refractivity contribution in [1.82, 2.24) is 9.80 Å². The molecule has 2 saturated heterocycles. The number of likely N-dealkylation sites (tertiary alicyclic amines) is 1. The summed E-state index contributed by atoms with van der Waals surface area (Å²) in [5, 5.41) is 0. The summed E-state index contributed by atoms with van der Waals surface area (Å²) >= 11 is 0. The molecule has 3 aliphatic heterocycles. The Bertz CT molecular complexity index is 732. The monoisotopic (exact) mass is 402 g/mol. The molecule has 0 spiro atoms. The zero-order valence-electron chi connectivity index (χ0n) is 16.9. The van der Waals surface area contributed by atoms with Crippen molar-refractivity contribution in [1.29, 1.82) is 0 Å². The van der Waals surface area contributed by atoms with E-state index in [2.05, 4.69) is 0 Å². The second kappa shape index (κ2) is 9.48. The fourth-order valence-electron chi connectivity index (χ4n) is 4.33. The fourth-order valence-corrected chi connectivity index (χ4v) is 4.33. The Hall–Kier alpha value is -2.28. The van der Waals surface area contributed by atoms with E-state index < -0.39 is 0 Å². The number of amides is 2. The predicted octanol–water partition coefficient (Wildman–Crippen LogP) is 2.23. The van der Waals surface area contributed by atoms with Gasteiger partial charge in [-0.1, -0.05) is 6.07 Å². The molecule has 0 N–H and O–H groups in total. The average molecular weight is 402 g/mol. The molecule has 0 aromatic heterocycles. The van der Waals surface area contributed by atoms with Crippen molar-refractivity contribution in [2.24, 2.45) is 5.92 Å². The highest BCUT2D eigenvalue weighted by Crippen LogP contribution is 2.33. The maximum Gasteiger partial charge on any atom is 0.231 e. The van der Waals surface area contributed by atoms with Crippen LogP contribution in [-0.2, 0) is 20.7 Å². The van der Waals surface area contributed by atoms with Crippen molar-refractivity contribution in [3.05, 3.63) is 23.8 Å². The minimum Gasteiger partial charge on any atom is -0.454 e. The summed E-state index contributed by atoms with van der Waals surface area (Å²) in [4.78, 5) is 29.0. The number of morpholine rings is 1. The Balaban J connectivity index is 1.21. The van der Waals surface area contributed by atoms with Gasteiger partial charge in [-0.2, -0.15) is 0 Å². The first-order valence-corrected chi connectivity index (χ1v) is 10.7. The third-order valence-corrected chi connectivity index (χ3v) is 6.07. The molecule has 2 fully saturated rings. The summed E-state index contributed by atoms with van der Waals surface area (Å²) in [5.41, 5.74) is 1.09. The standard InChI is InChI=1S/C22H30N2O5/c25-21(23-10-12-27-13-11-23)8-5-18-2-1-9-24(15-18)22(26)7-4-17-3-6-19-20(14-17)29-16-28-19/h3,6,14,18H,1-2,4-5,7-13,15-16H2/t18-/m0/s1. The van der Waals surface area contributed by atoms with Crippen molar-refractivity contribution in [3.8, 4) is 11.5 Å². The molecule has 7 heteroatoms. The van der Waals surface area contributed by atoms with Gasteiger partial charge < -0.3 is 24.0 Å². The van der Waals surface area contributed by atoms with Gasteiger partial charge in [-0.15, -0.1) is 0 Å². The Morgan fingerprint density at radius 2 is 1.76 bits per heavy atom. The number of rotatable bonds is 6. The average Bonchev–Trinajstić information content (AvgIpc) is 3.24. The second-order valence-corrected chi connectivity index (χ2v) is 8.07. The van der Waals surface area contributed by atoms with Crippen molar-refractivity contribution in [3.63, 3.8) is 0 Å². The van der Waals surface area contributed by atoms with Crippen LogP contribution in [0, 0.1) is 5.92 Å². The SMILES string of the molecule is O=C(CC[C@@H]1CCCN(C(=O)CCc2ccc3c(c2)OCO3)C1)N1CCOCC1. The highest BCUT2D eigenvalue weighted by atomic mass is 16.7. The number of hydrogen-bond donors (Lipinski definition) is 0. The van der Waals surface area contributed by atoms with E-state index >= 15 is 0 Å². The number of nitrogens with zero attached hydrogens (tertiary/aromatic N) is 2. The first kappa shape index (κ1) is 20.0.